The molecule has 0 bridgehead atoms. The Labute approximate surface area is 181 Å². The van der Waals surface area contributed by atoms with Gasteiger partial charge in [0.1, 0.15) is 0 Å². The highest BCUT2D eigenvalue weighted by atomic mass is 127. The number of carbonyl (C=O) groups excluding carboxylic acids is 1. The Balaban J connectivity index is 0.00000392. The first-order chi connectivity index (χ1) is 12.8. The first kappa shape index (κ1) is 24.5. The fourth-order valence-electron chi connectivity index (χ4n) is 3.34. The van der Waals surface area contributed by atoms with Crippen LogP contribution in [0.4, 0.5) is 13.2 Å². The number of aliphatic imine (C=N–C) groups is 1. The molecule has 1 fully saturated rings. The minimum atomic E-state index is -4.13. The number of rotatable bonds is 5. The van der Waals surface area contributed by atoms with E-state index >= 15 is 0 Å². The topological polar surface area (TPSA) is 65.5 Å². The van der Waals surface area contributed by atoms with E-state index in [1.807, 2.05) is 18.2 Å². The Morgan fingerprint density at radius 1 is 1.29 bits per heavy atom. The number of halogens is 4. The van der Waals surface area contributed by atoms with Crippen LogP contribution in [0.15, 0.2) is 29.3 Å². The van der Waals surface area contributed by atoms with Crippen molar-refractivity contribution in [3.05, 3.63) is 35.4 Å². The smallest absolute Gasteiger partial charge is 0.356 e. The number of alkyl halides is 3. The highest BCUT2D eigenvalue weighted by Gasteiger charge is 2.42. The van der Waals surface area contributed by atoms with Crippen LogP contribution >= 0.6 is 24.0 Å². The van der Waals surface area contributed by atoms with E-state index in [2.05, 4.69) is 20.9 Å². The average molecular weight is 512 g/mol. The van der Waals surface area contributed by atoms with Gasteiger partial charge in [0.15, 0.2) is 5.96 Å². The molecule has 0 heterocycles. The van der Waals surface area contributed by atoms with Crippen LogP contribution in [0.5, 0.6) is 0 Å². The summed E-state index contributed by atoms with van der Waals surface area (Å²) >= 11 is 0. The van der Waals surface area contributed by atoms with E-state index < -0.39 is 12.1 Å². The summed E-state index contributed by atoms with van der Waals surface area (Å²) < 4.78 is 38.8. The molecule has 158 valence electrons. The number of carbonyl (C=O) groups is 1. The van der Waals surface area contributed by atoms with E-state index in [-0.39, 0.29) is 48.8 Å². The zero-order valence-electron chi connectivity index (χ0n) is 16.1. The zero-order valence-corrected chi connectivity index (χ0v) is 18.4. The molecule has 1 aromatic rings. The van der Waals surface area contributed by atoms with E-state index in [1.54, 1.807) is 20.2 Å². The molecule has 2 unspecified atom stereocenters. The molecule has 28 heavy (non-hydrogen) atoms. The van der Waals surface area contributed by atoms with Gasteiger partial charge in [0.05, 0.1) is 5.92 Å². The zero-order chi connectivity index (χ0) is 19.9. The van der Waals surface area contributed by atoms with Gasteiger partial charge in [-0.05, 0) is 43.4 Å². The normalized spacial score (nSPS) is 20.1. The largest absolute Gasteiger partial charge is 0.391 e. The predicted molar refractivity (Wildman–Crippen MR) is 115 cm³/mol. The second-order valence-electron chi connectivity index (χ2n) is 6.77. The molecule has 1 aliphatic carbocycles. The van der Waals surface area contributed by atoms with Crippen molar-refractivity contribution in [1.82, 2.24) is 16.0 Å². The molecule has 1 aliphatic rings. The first-order valence-electron chi connectivity index (χ1n) is 9.18. The second-order valence-corrected chi connectivity index (χ2v) is 6.77. The van der Waals surface area contributed by atoms with Crippen LogP contribution in [0.25, 0.3) is 0 Å². The third-order valence-corrected chi connectivity index (χ3v) is 4.82. The van der Waals surface area contributed by atoms with Crippen molar-refractivity contribution in [2.45, 2.75) is 44.3 Å². The van der Waals surface area contributed by atoms with Gasteiger partial charge < -0.3 is 16.0 Å². The number of guanidine groups is 1. The van der Waals surface area contributed by atoms with Crippen LogP contribution in [0.3, 0.4) is 0 Å². The Kier molecular flexibility index (Phi) is 10.0. The predicted octanol–water partition coefficient (Wildman–Crippen LogP) is 3.49. The molecule has 1 amide bonds. The maximum Gasteiger partial charge on any atom is 0.391 e. The summed E-state index contributed by atoms with van der Waals surface area (Å²) in [6.45, 7) is 0.562. The number of hydrogen-bond donors (Lipinski definition) is 3. The first-order valence-corrected chi connectivity index (χ1v) is 9.18. The summed E-state index contributed by atoms with van der Waals surface area (Å²) in [5, 5.41) is 8.83. The molecule has 0 spiro atoms. The lowest BCUT2D eigenvalue weighted by Gasteiger charge is -2.31. The number of benzene rings is 1. The van der Waals surface area contributed by atoms with Crippen molar-refractivity contribution >= 4 is 35.8 Å². The average Bonchev–Trinajstić information content (AvgIpc) is 2.66. The maximum absolute atomic E-state index is 12.9. The van der Waals surface area contributed by atoms with Crippen molar-refractivity contribution in [2.24, 2.45) is 10.9 Å². The molecule has 0 aliphatic heterocycles. The molecule has 1 saturated carbocycles. The lowest BCUT2D eigenvalue weighted by Crippen LogP contribution is -2.47. The van der Waals surface area contributed by atoms with Gasteiger partial charge >= 0.3 is 6.18 Å². The Hall–Kier alpha value is -1.52. The molecule has 0 saturated heterocycles. The molecule has 2 atom stereocenters. The molecular formula is C19H28F3IN4O. The number of nitrogens with zero attached hydrogens (tertiary/aromatic N) is 1. The molecule has 3 N–H and O–H groups in total. The summed E-state index contributed by atoms with van der Waals surface area (Å²) in [6.07, 6.45) is -1.91. The van der Waals surface area contributed by atoms with Crippen LogP contribution in [0.2, 0.25) is 0 Å². The van der Waals surface area contributed by atoms with Crippen molar-refractivity contribution < 1.29 is 18.0 Å². The molecule has 9 heteroatoms. The van der Waals surface area contributed by atoms with Gasteiger partial charge in [-0.2, -0.15) is 13.2 Å². The summed E-state index contributed by atoms with van der Waals surface area (Å²) in [5.74, 6) is -0.876. The van der Waals surface area contributed by atoms with Crippen LogP contribution in [0, 0.1) is 5.92 Å². The fraction of sp³-hybridized carbons (Fsp3) is 0.579. The number of hydrogen-bond acceptors (Lipinski definition) is 2. The Morgan fingerprint density at radius 3 is 2.68 bits per heavy atom. The van der Waals surface area contributed by atoms with E-state index in [9.17, 15) is 18.0 Å². The highest BCUT2D eigenvalue weighted by Crippen LogP contribution is 2.37. The molecular weight excluding hydrogens is 484 g/mol. The van der Waals surface area contributed by atoms with Crippen LogP contribution < -0.4 is 16.0 Å². The van der Waals surface area contributed by atoms with Gasteiger partial charge in [0.2, 0.25) is 0 Å². The lowest BCUT2D eigenvalue weighted by atomic mass is 9.85. The van der Waals surface area contributed by atoms with Gasteiger partial charge in [-0.1, -0.05) is 18.6 Å². The Bertz CT molecular complexity index is 667. The number of nitrogens with one attached hydrogen (secondary N) is 3. The van der Waals surface area contributed by atoms with Crippen molar-refractivity contribution in [3.63, 3.8) is 0 Å². The third kappa shape index (κ3) is 7.48. The van der Waals surface area contributed by atoms with Gasteiger partial charge in [-0.25, -0.2) is 0 Å². The van der Waals surface area contributed by atoms with Gasteiger partial charge in [0, 0.05) is 32.2 Å². The number of amides is 1. The Morgan fingerprint density at radius 2 is 2.04 bits per heavy atom. The van der Waals surface area contributed by atoms with Crippen LogP contribution in [0.1, 0.15) is 41.6 Å². The summed E-state index contributed by atoms with van der Waals surface area (Å²) in [5.41, 5.74) is 1.59. The lowest BCUT2D eigenvalue weighted by molar-refractivity contribution is -0.183. The summed E-state index contributed by atoms with van der Waals surface area (Å²) in [6, 6.07) is 7.10. The van der Waals surface area contributed by atoms with E-state index in [0.29, 0.717) is 37.3 Å². The summed E-state index contributed by atoms with van der Waals surface area (Å²) in [4.78, 5) is 15.8. The second kappa shape index (κ2) is 11.5. The quantitative estimate of drug-likeness (QED) is 0.322. The molecule has 1 aromatic carbocycles. The van der Waals surface area contributed by atoms with E-state index in [1.165, 1.54) is 0 Å². The van der Waals surface area contributed by atoms with Gasteiger partial charge in [-0.3, -0.25) is 9.79 Å². The monoisotopic (exact) mass is 512 g/mol. The van der Waals surface area contributed by atoms with Gasteiger partial charge in [-0.15, -0.1) is 24.0 Å². The van der Waals surface area contributed by atoms with Crippen LogP contribution in [-0.4, -0.2) is 44.7 Å². The standard InChI is InChI=1S/C19H27F3N4O.HI/c1-23-17(27)14-6-3-5-13(11-14)9-10-25-18(24-2)26-16-8-4-7-15(12-16)19(20,21)22;/h3,5-6,11,15-16H,4,7-10,12H2,1-2H3,(H,23,27)(H2,24,25,26);1H. The summed E-state index contributed by atoms with van der Waals surface area (Å²) in [7, 11) is 3.19. The minimum Gasteiger partial charge on any atom is -0.356 e. The van der Waals surface area contributed by atoms with E-state index in [4.69, 9.17) is 0 Å². The van der Waals surface area contributed by atoms with E-state index in [0.717, 1.165) is 5.56 Å². The molecule has 0 aromatic heterocycles. The fourth-order valence-corrected chi connectivity index (χ4v) is 3.34. The van der Waals surface area contributed by atoms with Crippen molar-refractivity contribution in [1.29, 1.82) is 0 Å². The maximum atomic E-state index is 12.9. The van der Waals surface area contributed by atoms with Crippen molar-refractivity contribution in [3.8, 4) is 0 Å². The third-order valence-electron chi connectivity index (χ3n) is 4.82. The van der Waals surface area contributed by atoms with Crippen LogP contribution in [-0.2, 0) is 6.42 Å². The molecule has 5 nitrogen and oxygen atoms in total. The van der Waals surface area contributed by atoms with Gasteiger partial charge in [0.25, 0.3) is 5.91 Å². The van der Waals surface area contributed by atoms with Crippen molar-refractivity contribution in [2.75, 3.05) is 20.6 Å². The molecule has 2 rings (SSSR count). The minimum absolute atomic E-state index is 0. The molecule has 0 radical (unpaired) electrons. The highest BCUT2D eigenvalue weighted by molar-refractivity contribution is 14.0. The SMILES string of the molecule is CN=C(NCCc1cccc(C(=O)NC)c1)NC1CCCC(C(F)(F)F)C1.I.